The molecule has 3 rings (SSSR count). The molecule has 0 fully saturated rings. The second kappa shape index (κ2) is 8.66. The summed E-state index contributed by atoms with van der Waals surface area (Å²) in [5.74, 6) is -2.67. The van der Waals surface area contributed by atoms with Gasteiger partial charge in [0.25, 0.3) is 5.56 Å². The molecule has 9 nitrogen and oxygen atoms in total. The number of para-hydroxylation sites is 1. The lowest BCUT2D eigenvalue weighted by molar-refractivity contribution is 0.0686. The smallest absolute Gasteiger partial charge is 0.358 e. The minimum atomic E-state index is -1.56. The van der Waals surface area contributed by atoms with Gasteiger partial charge in [0.1, 0.15) is 5.82 Å². The van der Waals surface area contributed by atoms with Crippen LogP contribution in [-0.4, -0.2) is 32.2 Å². The SMILES string of the molecule is Cc1cccc(Cl)c1CNC(=O)Nc1ccccc1-c1nc(C(=O)O)c(O)c(=O)[nH]1. The molecule has 0 aliphatic rings. The molecule has 0 spiro atoms. The van der Waals surface area contributed by atoms with E-state index in [4.69, 9.17) is 16.7 Å². The zero-order valence-corrected chi connectivity index (χ0v) is 16.4. The largest absolute Gasteiger partial charge is 0.501 e. The number of aromatic hydroxyl groups is 1. The number of hydrogen-bond donors (Lipinski definition) is 5. The minimum absolute atomic E-state index is 0.118. The van der Waals surface area contributed by atoms with E-state index in [2.05, 4.69) is 20.6 Å². The number of aromatic carboxylic acids is 1. The van der Waals surface area contributed by atoms with Crippen LogP contribution in [0.25, 0.3) is 11.4 Å². The van der Waals surface area contributed by atoms with E-state index >= 15 is 0 Å². The molecule has 2 aromatic carbocycles. The van der Waals surface area contributed by atoms with Crippen molar-refractivity contribution in [2.75, 3.05) is 5.32 Å². The number of nitrogens with zero attached hydrogens (tertiary/aromatic N) is 1. The fourth-order valence-corrected chi connectivity index (χ4v) is 3.06. The maximum atomic E-state index is 12.4. The first-order chi connectivity index (χ1) is 14.3. The predicted octanol–water partition coefficient (Wildman–Crippen LogP) is 3.12. The summed E-state index contributed by atoms with van der Waals surface area (Å²) < 4.78 is 0. The Labute approximate surface area is 175 Å². The van der Waals surface area contributed by atoms with Crippen LogP contribution in [-0.2, 0) is 6.54 Å². The van der Waals surface area contributed by atoms with Crippen molar-refractivity contribution in [1.82, 2.24) is 15.3 Å². The van der Waals surface area contributed by atoms with Gasteiger partial charge in [0.05, 0.1) is 5.69 Å². The fourth-order valence-electron chi connectivity index (χ4n) is 2.77. The van der Waals surface area contributed by atoms with E-state index in [0.717, 1.165) is 11.1 Å². The molecule has 10 heteroatoms. The van der Waals surface area contributed by atoms with E-state index in [1.54, 1.807) is 24.3 Å². The lowest BCUT2D eigenvalue weighted by Gasteiger charge is -2.13. The van der Waals surface area contributed by atoms with Crippen LogP contribution in [0, 0.1) is 6.92 Å². The Morgan fingerprint density at radius 3 is 2.60 bits per heavy atom. The van der Waals surface area contributed by atoms with E-state index in [1.807, 2.05) is 19.1 Å². The highest BCUT2D eigenvalue weighted by Gasteiger charge is 2.19. The molecule has 2 amide bonds. The van der Waals surface area contributed by atoms with Crippen molar-refractivity contribution in [2.24, 2.45) is 0 Å². The third kappa shape index (κ3) is 4.41. The molecule has 0 bridgehead atoms. The lowest BCUT2D eigenvalue weighted by Crippen LogP contribution is -2.29. The summed E-state index contributed by atoms with van der Waals surface area (Å²) in [7, 11) is 0. The Hall–Kier alpha value is -3.85. The third-order valence-electron chi connectivity index (χ3n) is 4.31. The number of H-pyrrole nitrogens is 1. The van der Waals surface area contributed by atoms with Crippen LogP contribution in [0.4, 0.5) is 10.5 Å². The number of aromatic amines is 1. The first-order valence-electron chi connectivity index (χ1n) is 8.72. The van der Waals surface area contributed by atoms with Gasteiger partial charge < -0.3 is 25.8 Å². The number of halogens is 1. The molecule has 30 heavy (non-hydrogen) atoms. The summed E-state index contributed by atoms with van der Waals surface area (Å²) in [5.41, 5.74) is 0.443. The average Bonchev–Trinajstić information content (AvgIpc) is 2.70. The Morgan fingerprint density at radius 1 is 1.17 bits per heavy atom. The quantitative estimate of drug-likeness (QED) is 0.422. The topological polar surface area (TPSA) is 144 Å². The highest BCUT2D eigenvalue weighted by atomic mass is 35.5. The molecule has 1 aromatic heterocycles. The molecular weight excluding hydrogens is 412 g/mol. The molecule has 1 heterocycles. The molecule has 0 aliphatic carbocycles. The summed E-state index contributed by atoms with van der Waals surface area (Å²) in [6.07, 6.45) is 0. The van der Waals surface area contributed by atoms with Crippen LogP contribution in [0.5, 0.6) is 5.75 Å². The number of rotatable bonds is 5. The van der Waals surface area contributed by atoms with E-state index in [9.17, 15) is 19.5 Å². The van der Waals surface area contributed by atoms with Crippen LogP contribution in [0.3, 0.4) is 0 Å². The lowest BCUT2D eigenvalue weighted by atomic mass is 10.1. The number of carbonyl (C=O) groups is 2. The highest BCUT2D eigenvalue weighted by molar-refractivity contribution is 6.31. The number of carbonyl (C=O) groups excluding carboxylic acids is 1. The maximum Gasteiger partial charge on any atom is 0.358 e. The average molecular weight is 429 g/mol. The minimum Gasteiger partial charge on any atom is -0.501 e. The zero-order chi connectivity index (χ0) is 21.8. The molecule has 0 atom stereocenters. The van der Waals surface area contributed by atoms with Crippen molar-refractivity contribution in [3.05, 3.63) is 74.7 Å². The maximum absolute atomic E-state index is 12.4. The first kappa shape index (κ1) is 20.9. The number of carboxylic acid groups (broad SMARTS) is 1. The predicted molar refractivity (Wildman–Crippen MR) is 111 cm³/mol. The molecule has 0 radical (unpaired) electrons. The van der Waals surface area contributed by atoms with Crippen molar-refractivity contribution in [2.45, 2.75) is 13.5 Å². The summed E-state index contributed by atoms with van der Waals surface area (Å²) >= 11 is 6.16. The number of anilines is 1. The monoisotopic (exact) mass is 428 g/mol. The molecular formula is C20H17ClN4O5. The normalized spacial score (nSPS) is 10.5. The number of amides is 2. The van der Waals surface area contributed by atoms with Gasteiger partial charge in [0.15, 0.2) is 5.69 Å². The van der Waals surface area contributed by atoms with E-state index in [0.29, 0.717) is 5.02 Å². The van der Waals surface area contributed by atoms with Crippen LogP contribution >= 0.6 is 11.6 Å². The van der Waals surface area contributed by atoms with Crippen LogP contribution in [0.2, 0.25) is 5.02 Å². The number of hydrogen-bond acceptors (Lipinski definition) is 5. The zero-order valence-electron chi connectivity index (χ0n) is 15.7. The third-order valence-corrected chi connectivity index (χ3v) is 4.66. The first-order valence-corrected chi connectivity index (χ1v) is 9.10. The van der Waals surface area contributed by atoms with E-state index in [1.165, 1.54) is 6.07 Å². The van der Waals surface area contributed by atoms with Gasteiger partial charge in [-0.15, -0.1) is 0 Å². The van der Waals surface area contributed by atoms with Crippen molar-refractivity contribution in [3.63, 3.8) is 0 Å². The van der Waals surface area contributed by atoms with Gasteiger partial charge in [0, 0.05) is 17.1 Å². The molecule has 3 aromatic rings. The molecule has 0 aliphatic heterocycles. The number of nitrogens with one attached hydrogen (secondary N) is 3. The number of urea groups is 1. The Balaban J connectivity index is 1.85. The van der Waals surface area contributed by atoms with Gasteiger partial charge >= 0.3 is 12.0 Å². The molecule has 154 valence electrons. The summed E-state index contributed by atoms with van der Waals surface area (Å²) in [6.45, 7) is 2.07. The summed E-state index contributed by atoms with van der Waals surface area (Å²) in [5, 5.41) is 24.6. The number of aromatic nitrogens is 2. The van der Waals surface area contributed by atoms with Crippen molar-refractivity contribution in [1.29, 1.82) is 0 Å². The molecule has 0 unspecified atom stereocenters. The van der Waals surface area contributed by atoms with Crippen LogP contribution in [0.1, 0.15) is 21.6 Å². The Bertz CT molecular complexity index is 1170. The van der Waals surface area contributed by atoms with Crippen LogP contribution < -0.4 is 16.2 Å². The van der Waals surface area contributed by atoms with Crippen molar-refractivity contribution < 1.29 is 19.8 Å². The fraction of sp³-hybridized carbons (Fsp3) is 0.100. The summed E-state index contributed by atoms with van der Waals surface area (Å²) in [4.78, 5) is 41.6. The van der Waals surface area contributed by atoms with E-state index < -0.39 is 29.0 Å². The van der Waals surface area contributed by atoms with Gasteiger partial charge in [-0.3, -0.25) is 4.79 Å². The molecule has 0 saturated carbocycles. The number of benzene rings is 2. The van der Waals surface area contributed by atoms with Gasteiger partial charge in [0.2, 0.25) is 5.75 Å². The van der Waals surface area contributed by atoms with Crippen molar-refractivity contribution >= 4 is 29.3 Å². The van der Waals surface area contributed by atoms with Crippen LogP contribution in [0.15, 0.2) is 47.3 Å². The molecule has 5 N–H and O–H groups in total. The van der Waals surface area contributed by atoms with E-state index in [-0.39, 0.29) is 23.6 Å². The highest BCUT2D eigenvalue weighted by Crippen LogP contribution is 2.26. The number of aryl methyl sites for hydroxylation is 1. The second-order valence-electron chi connectivity index (χ2n) is 6.31. The van der Waals surface area contributed by atoms with Gasteiger partial charge in [-0.2, -0.15) is 0 Å². The number of carboxylic acids is 1. The van der Waals surface area contributed by atoms with Gasteiger partial charge in [-0.1, -0.05) is 35.9 Å². The standard InChI is InChI=1S/C20H17ClN4O5/c1-10-5-4-7-13(21)12(10)9-22-20(30)23-14-8-3-2-6-11(14)17-24-15(19(28)29)16(26)18(27)25-17/h2-8,26H,9H2,1H3,(H,28,29)(H2,22,23,30)(H,24,25,27). The molecule has 0 saturated heterocycles. The Morgan fingerprint density at radius 2 is 1.90 bits per heavy atom. The van der Waals surface area contributed by atoms with Gasteiger partial charge in [-0.05, 0) is 36.2 Å². The second-order valence-corrected chi connectivity index (χ2v) is 6.71. The Kier molecular flexibility index (Phi) is 6.03. The summed E-state index contributed by atoms with van der Waals surface area (Å²) in [6, 6.07) is 11.2. The van der Waals surface area contributed by atoms with Gasteiger partial charge in [-0.25, -0.2) is 14.6 Å². The van der Waals surface area contributed by atoms with Crippen molar-refractivity contribution in [3.8, 4) is 17.1 Å².